The lowest BCUT2D eigenvalue weighted by molar-refractivity contribution is 0.0420. The van der Waals surface area contributed by atoms with Gasteiger partial charge in [0.25, 0.3) is 0 Å². The molecule has 2 saturated heterocycles. The zero-order valence-corrected chi connectivity index (χ0v) is 18.8. The molecule has 1 unspecified atom stereocenters. The second-order valence-corrected chi connectivity index (χ2v) is 9.00. The third-order valence-electron chi connectivity index (χ3n) is 5.47. The van der Waals surface area contributed by atoms with Crippen LogP contribution in [0.4, 0.5) is 0 Å². The molecule has 0 bridgehead atoms. The third-order valence-corrected chi connectivity index (χ3v) is 6.29. The van der Waals surface area contributed by atoms with Crippen molar-refractivity contribution in [2.75, 3.05) is 52.5 Å². The number of aryl methyl sites for hydroxylation is 1. The molecule has 2 aliphatic rings. The maximum Gasteiger partial charge on any atom is 0.191 e. The third kappa shape index (κ3) is 8.20. The second kappa shape index (κ2) is 12.5. The summed E-state index contributed by atoms with van der Waals surface area (Å²) in [7, 11) is 0. The zero-order valence-electron chi connectivity index (χ0n) is 18.0. The summed E-state index contributed by atoms with van der Waals surface area (Å²) in [6, 6.07) is 0. The van der Waals surface area contributed by atoms with E-state index in [1.165, 1.54) is 18.5 Å². The average Bonchev–Trinajstić information content (AvgIpc) is 3.38. The van der Waals surface area contributed by atoms with Gasteiger partial charge in [-0.1, -0.05) is 0 Å². The molecule has 1 aromatic rings. The monoisotopic (exact) mass is 423 g/mol. The van der Waals surface area contributed by atoms with E-state index in [9.17, 15) is 0 Å². The van der Waals surface area contributed by atoms with Gasteiger partial charge in [-0.2, -0.15) is 0 Å². The number of nitrogens with zero attached hydrogens (tertiary/aromatic N) is 3. The Hall–Kier alpha value is -1.22. The summed E-state index contributed by atoms with van der Waals surface area (Å²) in [5.74, 6) is 1.60. The van der Waals surface area contributed by atoms with Crippen molar-refractivity contribution in [1.29, 1.82) is 0 Å². The predicted octanol–water partition coefficient (Wildman–Crippen LogP) is 2.41. The van der Waals surface area contributed by atoms with Crippen molar-refractivity contribution in [3.05, 3.63) is 16.1 Å². The number of hydrogen-bond donors (Lipinski definition) is 2. The van der Waals surface area contributed by atoms with E-state index in [-0.39, 0.29) is 0 Å². The summed E-state index contributed by atoms with van der Waals surface area (Å²) in [5.41, 5.74) is 1.21. The molecule has 0 saturated carbocycles. The Bertz CT molecular complexity index is 610. The molecule has 3 heterocycles. The lowest BCUT2D eigenvalue weighted by Crippen LogP contribution is -2.39. The van der Waals surface area contributed by atoms with Gasteiger partial charge in [0.15, 0.2) is 5.96 Å². The Morgan fingerprint density at radius 1 is 1.34 bits per heavy atom. The Morgan fingerprint density at radius 3 is 2.90 bits per heavy atom. The minimum absolute atomic E-state index is 0.294. The standard InChI is InChI=1S/C21H37N5O2S/c1-3-22-21(23-8-4-11-28-20-7-12-27-15-20)24-13-18-5-9-26(10-6-18)14-19-16-29-17(2)25-19/h16,18,20H,3-15H2,1-2H3,(H2,22,23,24). The number of ether oxygens (including phenoxy) is 2. The van der Waals surface area contributed by atoms with Gasteiger partial charge in [0.05, 0.1) is 23.4 Å². The van der Waals surface area contributed by atoms with Crippen LogP contribution in [0.15, 0.2) is 10.4 Å². The molecule has 0 aliphatic carbocycles. The summed E-state index contributed by atoms with van der Waals surface area (Å²) in [6.07, 6.45) is 4.73. The summed E-state index contributed by atoms with van der Waals surface area (Å²) in [5, 5.41) is 10.1. The highest BCUT2D eigenvalue weighted by molar-refractivity contribution is 7.09. The molecule has 1 aromatic heterocycles. The van der Waals surface area contributed by atoms with Crippen molar-refractivity contribution in [1.82, 2.24) is 20.5 Å². The van der Waals surface area contributed by atoms with Crippen LogP contribution in [0.3, 0.4) is 0 Å². The molecule has 0 amide bonds. The van der Waals surface area contributed by atoms with Crippen molar-refractivity contribution in [3.63, 3.8) is 0 Å². The van der Waals surface area contributed by atoms with Gasteiger partial charge in [0, 0.05) is 44.8 Å². The van der Waals surface area contributed by atoms with Crippen LogP contribution >= 0.6 is 11.3 Å². The van der Waals surface area contributed by atoms with Crippen LogP contribution in [0.25, 0.3) is 0 Å². The Morgan fingerprint density at radius 2 is 2.21 bits per heavy atom. The first-order valence-electron chi connectivity index (χ1n) is 11.1. The highest BCUT2D eigenvalue weighted by atomic mass is 32.1. The first kappa shape index (κ1) is 22.5. The number of hydrogen-bond acceptors (Lipinski definition) is 6. The van der Waals surface area contributed by atoms with Crippen molar-refractivity contribution in [2.24, 2.45) is 10.9 Å². The van der Waals surface area contributed by atoms with Gasteiger partial charge in [-0.15, -0.1) is 11.3 Å². The topological polar surface area (TPSA) is 71.0 Å². The quantitative estimate of drug-likeness (QED) is 0.342. The van der Waals surface area contributed by atoms with Crippen molar-refractivity contribution >= 4 is 17.3 Å². The van der Waals surface area contributed by atoms with Gasteiger partial charge >= 0.3 is 0 Å². The van der Waals surface area contributed by atoms with Crippen LogP contribution in [0, 0.1) is 12.8 Å². The first-order valence-corrected chi connectivity index (χ1v) is 12.0. The van der Waals surface area contributed by atoms with Crippen LogP contribution in [-0.4, -0.2) is 74.5 Å². The molecule has 7 nitrogen and oxygen atoms in total. The maximum absolute atomic E-state index is 5.82. The summed E-state index contributed by atoms with van der Waals surface area (Å²) in [4.78, 5) is 11.9. The van der Waals surface area contributed by atoms with Gasteiger partial charge in [0.2, 0.25) is 0 Å². The van der Waals surface area contributed by atoms with E-state index >= 15 is 0 Å². The van der Waals surface area contributed by atoms with E-state index in [1.54, 1.807) is 11.3 Å². The Kier molecular flexibility index (Phi) is 9.66. The van der Waals surface area contributed by atoms with E-state index in [0.717, 1.165) is 82.9 Å². The lowest BCUT2D eigenvalue weighted by Gasteiger charge is -2.30. The molecule has 0 spiro atoms. The Balaban J connectivity index is 1.30. The first-order chi connectivity index (χ1) is 14.2. The SMILES string of the molecule is CCNC(=NCC1CCN(Cc2csc(C)n2)CC1)NCCCOC1CCOC1. The molecule has 164 valence electrons. The number of nitrogens with one attached hydrogen (secondary N) is 2. The van der Waals surface area contributed by atoms with E-state index in [2.05, 4.69) is 39.7 Å². The zero-order chi connectivity index (χ0) is 20.3. The number of guanidine groups is 1. The normalized spacial score (nSPS) is 21.6. The number of thiazole rings is 1. The number of aliphatic imine (C=N–C) groups is 1. The molecule has 1 atom stereocenters. The van der Waals surface area contributed by atoms with Gasteiger partial charge in [-0.25, -0.2) is 4.98 Å². The fourth-order valence-corrected chi connectivity index (χ4v) is 4.38. The molecule has 2 N–H and O–H groups in total. The molecular weight excluding hydrogens is 386 g/mol. The van der Waals surface area contributed by atoms with E-state index < -0.39 is 0 Å². The molecule has 0 radical (unpaired) electrons. The van der Waals surface area contributed by atoms with Gasteiger partial charge < -0.3 is 20.1 Å². The number of piperidine rings is 1. The summed E-state index contributed by atoms with van der Waals surface area (Å²) in [6.45, 7) is 12.5. The summed E-state index contributed by atoms with van der Waals surface area (Å²) >= 11 is 1.74. The van der Waals surface area contributed by atoms with Crippen LogP contribution in [0.5, 0.6) is 0 Å². The number of likely N-dealkylation sites (tertiary alicyclic amines) is 1. The number of rotatable bonds is 10. The van der Waals surface area contributed by atoms with Crippen LogP contribution in [-0.2, 0) is 16.0 Å². The molecule has 29 heavy (non-hydrogen) atoms. The van der Waals surface area contributed by atoms with Crippen LogP contribution in [0.2, 0.25) is 0 Å². The fourth-order valence-electron chi connectivity index (χ4n) is 3.77. The maximum atomic E-state index is 5.82. The van der Waals surface area contributed by atoms with E-state index in [0.29, 0.717) is 12.0 Å². The summed E-state index contributed by atoms with van der Waals surface area (Å²) < 4.78 is 11.2. The molecular formula is C21H37N5O2S. The van der Waals surface area contributed by atoms with Gasteiger partial charge in [0.1, 0.15) is 0 Å². The van der Waals surface area contributed by atoms with Gasteiger partial charge in [-0.05, 0) is 58.5 Å². The molecule has 0 aromatic carbocycles. The number of aromatic nitrogens is 1. The van der Waals surface area contributed by atoms with Crippen molar-refractivity contribution < 1.29 is 9.47 Å². The smallest absolute Gasteiger partial charge is 0.191 e. The highest BCUT2D eigenvalue weighted by Gasteiger charge is 2.20. The molecule has 8 heteroatoms. The largest absolute Gasteiger partial charge is 0.379 e. The minimum atomic E-state index is 0.294. The molecule has 3 rings (SSSR count). The second-order valence-electron chi connectivity index (χ2n) is 7.93. The minimum Gasteiger partial charge on any atom is -0.379 e. The fraction of sp³-hybridized carbons (Fsp3) is 0.810. The van der Waals surface area contributed by atoms with E-state index in [4.69, 9.17) is 14.5 Å². The van der Waals surface area contributed by atoms with Crippen molar-refractivity contribution in [2.45, 2.75) is 52.2 Å². The molecule has 2 aliphatic heterocycles. The molecule has 2 fully saturated rings. The highest BCUT2D eigenvalue weighted by Crippen LogP contribution is 2.20. The van der Waals surface area contributed by atoms with Crippen molar-refractivity contribution in [3.8, 4) is 0 Å². The van der Waals surface area contributed by atoms with Crippen LogP contribution < -0.4 is 10.6 Å². The predicted molar refractivity (Wildman–Crippen MR) is 119 cm³/mol. The van der Waals surface area contributed by atoms with E-state index in [1.807, 2.05) is 0 Å². The van der Waals surface area contributed by atoms with Gasteiger partial charge in [-0.3, -0.25) is 9.89 Å². The average molecular weight is 424 g/mol. The Labute approximate surface area is 179 Å². The van der Waals surface area contributed by atoms with Crippen LogP contribution in [0.1, 0.15) is 43.3 Å². The lowest BCUT2D eigenvalue weighted by atomic mass is 9.97.